The van der Waals surface area contributed by atoms with E-state index in [-0.39, 0.29) is 0 Å². The van der Waals surface area contributed by atoms with Crippen molar-refractivity contribution in [3.05, 3.63) is 36.3 Å². The van der Waals surface area contributed by atoms with Crippen LogP contribution >= 0.6 is 0 Å². The van der Waals surface area contributed by atoms with E-state index in [2.05, 4.69) is 41.7 Å². The van der Waals surface area contributed by atoms with Crippen molar-refractivity contribution >= 4 is 5.82 Å². The van der Waals surface area contributed by atoms with Crippen LogP contribution in [0.3, 0.4) is 0 Å². The third-order valence-corrected chi connectivity index (χ3v) is 4.62. The largest absolute Gasteiger partial charge is 0.355 e. The molecule has 0 spiro atoms. The van der Waals surface area contributed by atoms with E-state index < -0.39 is 0 Å². The Kier molecular flexibility index (Phi) is 4.17. The van der Waals surface area contributed by atoms with E-state index in [4.69, 9.17) is 4.52 Å². The van der Waals surface area contributed by atoms with Gasteiger partial charge >= 0.3 is 0 Å². The molecule has 0 N–H and O–H groups in total. The SMILES string of the molecule is CCn1cnnc1[C@H]1CCCN(c2ncccc2-c2nc(C)no2)C1. The number of aromatic nitrogens is 6. The molecule has 0 saturated carbocycles. The van der Waals surface area contributed by atoms with Crippen LogP contribution in [0.1, 0.15) is 37.3 Å². The van der Waals surface area contributed by atoms with Crippen LogP contribution in [-0.2, 0) is 6.54 Å². The maximum atomic E-state index is 5.36. The smallest absolute Gasteiger partial charge is 0.261 e. The van der Waals surface area contributed by atoms with Crippen LogP contribution in [0.2, 0.25) is 0 Å². The van der Waals surface area contributed by atoms with Gasteiger partial charge in [-0.05, 0) is 38.8 Å². The summed E-state index contributed by atoms with van der Waals surface area (Å²) in [6.07, 6.45) is 5.80. The van der Waals surface area contributed by atoms with Crippen LogP contribution in [0.25, 0.3) is 11.5 Å². The third-order valence-electron chi connectivity index (χ3n) is 4.62. The van der Waals surface area contributed by atoms with Crippen LogP contribution in [0, 0.1) is 6.92 Å². The Morgan fingerprint density at radius 2 is 2.28 bits per heavy atom. The van der Waals surface area contributed by atoms with Crippen molar-refractivity contribution in [1.82, 2.24) is 29.9 Å². The second-order valence-electron chi connectivity index (χ2n) is 6.28. The summed E-state index contributed by atoms with van der Waals surface area (Å²) in [6.45, 7) is 6.62. The van der Waals surface area contributed by atoms with Crippen molar-refractivity contribution in [2.24, 2.45) is 0 Å². The molecule has 130 valence electrons. The Morgan fingerprint density at radius 1 is 1.36 bits per heavy atom. The zero-order chi connectivity index (χ0) is 17.2. The van der Waals surface area contributed by atoms with Gasteiger partial charge in [0.05, 0.1) is 5.56 Å². The standard InChI is InChI=1S/C17H21N7O/c1-3-23-11-19-21-15(23)13-6-5-9-24(10-13)16-14(7-4-8-18-16)17-20-12(2)22-25-17/h4,7-8,11,13H,3,5-6,9-10H2,1-2H3/t13-/m0/s1. The predicted molar refractivity (Wildman–Crippen MR) is 92.2 cm³/mol. The summed E-state index contributed by atoms with van der Waals surface area (Å²) in [6, 6.07) is 3.88. The molecule has 0 unspecified atom stereocenters. The molecule has 8 nitrogen and oxygen atoms in total. The molecule has 0 amide bonds. The molecule has 0 bridgehead atoms. The van der Waals surface area contributed by atoms with Crippen molar-refractivity contribution in [2.75, 3.05) is 18.0 Å². The molecule has 4 rings (SSSR count). The minimum atomic E-state index is 0.343. The minimum absolute atomic E-state index is 0.343. The van der Waals surface area contributed by atoms with Crippen molar-refractivity contribution < 1.29 is 4.52 Å². The predicted octanol–water partition coefficient (Wildman–Crippen LogP) is 2.44. The summed E-state index contributed by atoms with van der Waals surface area (Å²) in [5.41, 5.74) is 0.876. The molecule has 1 aliphatic rings. The molecular weight excluding hydrogens is 318 g/mol. The summed E-state index contributed by atoms with van der Waals surface area (Å²) < 4.78 is 7.48. The summed E-state index contributed by atoms with van der Waals surface area (Å²) in [7, 11) is 0. The fourth-order valence-electron chi connectivity index (χ4n) is 3.43. The highest BCUT2D eigenvalue weighted by molar-refractivity contribution is 5.69. The summed E-state index contributed by atoms with van der Waals surface area (Å²) in [4.78, 5) is 11.3. The number of rotatable bonds is 4. The van der Waals surface area contributed by atoms with Gasteiger partial charge in [-0.2, -0.15) is 4.98 Å². The highest BCUT2D eigenvalue weighted by Crippen LogP contribution is 2.33. The van der Waals surface area contributed by atoms with Crippen LogP contribution < -0.4 is 4.90 Å². The van der Waals surface area contributed by atoms with Gasteiger partial charge in [-0.15, -0.1) is 10.2 Å². The molecule has 1 aliphatic heterocycles. The Balaban J connectivity index is 1.64. The van der Waals surface area contributed by atoms with E-state index >= 15 is 0 Å². The van der Waals surface area contributed by atoms with Crippen molar-refractivity contribution in [2.45, 2.75) is 39.2 Å². The van der Waals surface area contributed by atoms with Crippen LogP contribution in [0.5, 0.6) is 0 Å². The lowest BCUT2D eigenvalue weighted by molar-refractivity contribution is 0.425. The molecule has 25 heavy (non-hydrogen) atoms. The molecule has 4 heterocycles. The molecule has 1 atom stereocenters. The zero-order valence-corrected chi connectivity index (χ0v) is 14.5. The summed E-state index contributed by atoms with van der Waals surface area (Å²) >= 11 is 0. The highest BCUT2D eigenvalue weighted by Gasteiger charge is 2.28. The van der Waals surface area contributed by atoms with Gasteiger partial charge in [0.2, 0.25) is 0 Å². The molecule has 0 aliphatic carbocycles. The van der Waals surface area contributed by atoms with Gasteiger partial charge in [-0.25, -0.2) is 4.98 Å². The fraction of sp³-hybridized carbons (Fsp3) is 0.471. The second kappa shape index (κ2) is 6.62. The Labute approximate surface area is 145 Å². The maximum Gasteiger partial charge on any atom is 0.261 e. The molecule has 1 fully saturated rings. The van der Waals surface area contributed by atoms with Crippen molar-refractivity contribution in [1.29, 1.82) is 0 Å². The first-order chi connectivity index (χ1) is 12.3. The van der Waals surface area contributed by atoms with Gasteiger partial charge in [0.1, 0.15) is 18.0 Å². The second-order valence-corrected chi connectivity index (χ2v) is 6.28. The van der Waals surface area contributed by atoms with Crippen LogP contribution in [-0.4, -0.2) is 43.0 Å². The lowest BCUT2D eigenvalue weighted by Crippen LogP contribution is -2.36. The normalized spacial score (nSPS) is 17.8. The van der Waals surface area contributed by atoms with Gasteiger partial charge in [0, 0.05) is 31.7 Å². The molecule has 1 saturated heterocycles. The van der Waals surface area contributed by atoms with E-state index in [9.17, 15) is 0 Å². The Bertz CT molecular complexity index is 856. The molecule has 0 radical (unpaired) electrons. The van der Waals surface area contributed by atoms with Crippen molar-refractivity contribution in [3.63, 3.8) is 0 Å². The number of pyridine rings is 1. The number of piperidine rings is 1. The van der Waals surface area contributed by atoms with Gasteiger partial charge in [-0.1, -0.05) is 5.16 Å². The highest BCUT2D eigenvalue weighted by atomic mass is 16.5. The number of hydrogen-bond acceptors (Lipinski definition) is 7. The van der Waals surface area contributed by atoms with Crippen molar-refractivity contribution in [3.8, 4) is 11.5 Å². The van der Waals surface area contributed by atoms with E-state index in [1.807, 2.05) is 25.4 Å². The zero-order valence-electron chi connectivity index (χ0n) is 14.5. The lowest BCUT2D eigenvalue weighted by Gasteiger charge is -2.33. The first-order valence-corrected chi connectivity index (χ1v) is 8.64. The first kappa shape index (κ1) is 15.7. The van der Waals surface area contributed by atoms with Gasteiger partial charge in [-0.3, -0.25) is 0 Å². The number of anilines is 1. The monoisotopic (exact) mass is 339 g/mol. The van der Waals surface area contributed by atoms with E-state index in [0.717, 1.165) is 49.7 Å². The average molecular weight is 339 g/mol. The molecule has 0 aromatic carbocycles. The average Bonchev–Trinajstić information content (AvgIpc) is 3.30. The molecular formula is C17H21N7O. The maximum absolute atomic E-state index is 5.36. The van der Waals surface area contributed by atoms with Crippen LogP contribution in [0.15, 0.2) is 29.2 Å². The number of nitrogens with zero attached hydrogens (tertiary/aromatic N) is 7. The molecule has 8 heteroatoms. The molecule has 3 aromatic rings. The fourth-order valence-corrected chi connectivity index (χ4v) is 3.43. The Morgan fingerprint density at radius 3 is 3.08 bits per heavy atom. The van der Waals surface area contributed by atoms with Gasteiger partial charge in [0.25, 0.3) is 5.89 Å². The lowest BCUT2D eigenvalue weighted by atomic mass is 9.96. The topological polar surface area (TPSA) is 85.8 Å². The van der Waals surface area contributed by atoms with E-state index in [1.165, 1.54) is 0 Å². The Hall–Kier alpha value is -2.77. The van der Waals surface area contributed by atoms with Gasteiger partial charge in [0.15, 0.2) is 5.82 Å². The summed E-state index contributed by atoms with van der Waals surface area (Å²) in [5, 5.41) is 12.3. The first-order valence-electron chi connectivity index (χ1n) is 8.64. The minimum Gasteiger partial charge on any atom is -0.355 e. The van der Waals surface area contributed by atoms with Crippen LogP contribution in [0.4, 0.5) is 5.82 Å². The third kappa shape index (κ3) is 2.99. The number of aryl methyl sites for hydroxylation is 2. The summed E-state index contributed by atoms with van der Waals surface area (Å²) in [5.74, 6) is 3.42. The quantitative estimate of drug-likeness (QED) is 0.721. The molecule has 3 aromatic heterocycles. The number of hydrogen-bond donors (Lipinski definition) is 0. The van der Waals surface area contributed by atoms with E-state index in [0.29, 0.717) is 17.6 Å². The van der Waals surface area contributed by atoms with Gasteiger partial charge < -0.3 is 14.0 Å². The van der Waals surface area contributed by atoms with E-state index in [1.54, 1.807) is 6.20 Å².